The number of imidazole rings is 1. The van der Waals surface area contributed by atoms with Gasteiger partial charge in [-0.1, -0.05) is 42.5 Å². The molecule has 4 amide bonds. The molecule has 0 spiro atoms. The summed E-state index contributed by atoms with van der Waals surface area (Å²) in [5.74, 6) is -4.61. The Morgan fingerprint density at radius 1 is 0.786 bits per heavy atom. The van der Waals surface area contributed by atoms with Gasteiger partial charge in [0, 0.05) is 24.7 Å². The number of carbonyl (C=O) groups excluding carboxylic acids is 4. The van der Waals surface area contributed by atoms with Crippen molar-refractivity contribution in [3.63, 3.8) is 0 Å². The molecule has 0 fully saturated rings. The molecule has 4 unspecified atom stereocenters. The van der Waals surface area contributed by atoms with Gasteiger partial charge in [-0.25, -0.2) is 9.78 Å². The zero-order valence-corrected chi connectivity index (χ0v) is 22.5. The number of phenols is 1. The molecular formula is C28H33N7O7. The third-order valence-corrected chi connectivity index (χ3v) is 6.28. The fraction of sp³-hybridized carbons (Fsp3) is 0.286. The monoisotopic (exact) mass is 579 g/mol. The van der Waals surface area contributed by atoms with Gasteiger partial charge in [0.1, 0.15) is 23.9 Å². The molecule has 0 radical (unpaired) electrons. The van der Waals surface area contributed by atoms with Crippen molar-refractivity contribution in [2.45, 2.75) is 49.9 Å². The molecule has 14 nitrogen and oxygen atoms in total. The van der Waals surface area contributed by atoms with E-state index in [1.54, 1.807) is 42.5 Å². The van der Waals surface area contributed by atoms with Crippen LogP contribution in [0.5, 0.6) is 5.75 Å². The lowest BCUT2D eigenvalue weighted by molar-refractivity contribution is -0.142. The first-order valence-electron chi connectivity index (χ1n) is 13.0. The van der Waals surface area contributed by atoms with E-state index in [0.29, 0.717) is 16.8 Å². The van der Waals surface area contributed by atoms with Gasteiger partial charge in [-0.15, -0.1) is 0 Å². The number of aromatic amines is 1. The van der Waals surface area contributed by atoms with Gasteiger partial charge in [-0.05, 0) is 29.7 Å². The number of aromatic nitrogens is 2. The van der Waals surface area contributed by atoms with Crippen molar-refractivity contribution < 1.29 is 34.2 Å². The Hall–Kier alpha value is -5.24. The molecular weight excluding hydrogens is 546 g/mol. The van der Waals surface area contributed by atoms with E-state index >= 15 is 0 Å². The van der Waals surface area contributed by atoms with Gasteiger partial charge >= 0.3 is 5.97 Å². The van der Waals surface area contributed by atoms with Crippen molar-refractivity contribution in [2.75, 3.05) is 0 Å². The molecule has 0 saturated carbocycles. The van der Waals surface area contributed by atoms with E-state index in [1.807, 2.05) is 0 Å². The quantitative estimate of drug-likeness (QED) is 0.109. The Balaban J connectivity index is 1.73. The molecule has 3 rings (SSSR count). The Morgan fingerprint density at radius 2 is 1.38 bits per heavy atom. The lowest BCUT2D eigenvalue weighted by atomic mass is 10.0. The summed E-state index contributed by atoms with van der Waals surface area (Å²) in [6.45, 7) is 0. The number of carboxylic acids is 1. The number of aliphatic carboxylic acids is 1. The van der Waals surface area contributed by atoms with Gasteiger partial charge in [0.05, 0.1) is 18.8 Å². The fourth-order valence-corrected chi connectivity index (χ4v) is 4.09. The third-order valence-electron chi connectivity index (χ3n) is 6.28. The number of amides is 4. The van der Waals surface area contributed by atoms with Gasteiger partial charge in [-0.3, -0.25) is 19.2 Å². The molecule has 0 aliphatic heterocycles. The first-order chi connectivity index (χ1) is 20.0. The lowest BCUT2D eigenvalue weighted by Crippen LogP contribution is -2.58. The number of carbonyl (C=O) groups is 5. The number of benzene rings is 2. The molecule has 0 aliphatic carbocycles. The van der Waals surface area contributed by atoms with Gasteiger partial charge in [0.2, 0.25) is 23.6 Å². The highest BCUT2D eigenvalue weighted by molar-refractivity contribution is 5.96. The summed E-state index contributed by atoms with van der Waals surface area (Å²) in [4.78, 5) is 69.7. The first kappa shape index (κ1) is 31.3. The maximum Gasteiger partial charge on any atom is 0.326 e. The molecule has 3 aromatic rings. The number of carboxylic acid groups (broad SMARTS) is 1. The van der Waals surface area contributed by atoms with Crippen LogP contribution >= 0.6 is 0 Å². The van der Waals surface area contributed by atoms with E-state index in [-0.39, 0.29) is 25.0 Å². The maximum absolute atomic E-state index is 13.3. The molecule has 4 atom stereocenters. The Bertz CT molecular complexity index is 1370. The minimum Gasteiger partial charge on any atom is -0.508 e. The Kier molecular flexibility index (Phi) is 11.1. The first-order valence-corrected chi connectivity index (χ1v) is 13.0. The molecule has 222 valence electrons. The van der Waals surface area contributed by atoms with Gasteiger partial charge in [0.15, 0.2) is 0 Å². The largest absolute Gasteiger partial charge is 0.508 e. The van der Waals surface area contributed by atoms with E-state index < -0.39 is 60.2 Å². The van der Waals surface area contributed by atoms with Crippen LogP contribution in [0, 0.1) is 0 Å². The minimum absolute atomic E-state index is 0.00802. The molecule has 14 heteroatoms. The molecule has 1 aromatic heterocycles. The molecule has 0 aliphatic rings. The van der Waals surface area contributed by atoms with Gasteiger partial charge in [-0.2, -0.15) is 0 Å². The number of hydrogen-bond acceptors (Lipinski definition) is 8. The summed E-state index contributed by atoms with van der Waals surface area (Å²) in [6, 6.07) is 9.50. The molecule has 0 saturated heterocycles. The predicted octanol–water partition coefficient (Wildman–Crippen LogP) is -1.12. The summed E-state index contributed by atoms with van der Waals surface area (Å²) in [6.07, 6.45) is 2.16. The summed E-state index contributed by atoms with van der Waals surface area (Å²) >= 11 is 0. The summed E-state index contributed by atoms with van der Waals surface area (Å²) < 4.78 is 0. The second-order valence-electron chi connectivity index (χ2n) is 9.64. The van der Waals surface area contributed by atoms with E-state index in [2.05, 4.69) is 25.9 Å². The average Bonchev–Trinajstić information content (AvgIpc) is 3.46. The molecule has 10 N–H and O–H groups in total. The normalized spacial score (nSPS) is 13.6. The second-order valence-corrected chi connectivity index (χ2v) is 9.64. The summed E-state index contributed by atoms with van der Waals surface area (Å²) in [5.41, 5.74) is 13.1. The Labute approximate surface area is 240 Å². The molecule has 42 heavy (non-hydrogen) atoms. The van der Waals surface area contributed by atoms with Crippen LogP contribution in [0.2, 0.25) is 0 Å². The number of nitrogens with zero attached hydrogens (tertiary/aromatic N) is 1. The van der Waals surface area contributed by atoms with Crippen LogP contribution in [0.1, 0.15) is 23.2 Å². The number of phenolic OH excluding ortho intramolecular Hbond substituents is 1. The van der Waals surface area contributed by atoms with E-state index in [9.17, 15) is 34.2 Å². The standard InChI is InChI=1S/C28H33N7O7/c29-20(10-17-6-8-19(36)9-7-17)25(38)33-22(13-24(30)37)27(40)34-21(12-18-14-31-15-32-18)26(39)35-23(28(41)42)11-16-4-2-1-3-5-16/h1-9,14-15,20-23,36H,10-13,29H2,(H2,30,37)(H,31,32)(H,33,38)(H,34,40)(H,35,39)(H,41,42). The van der Waals surface area contributed by atoms with Crippen molar-refractivity contribution >= 4 is 29.6 Å². The lowest BCUT2D eigenvalue weighted by Gasteiger charge is -2.24. The smallest absolute Gasteiger partial charge is 0.326 e. The van der Waals surface area contributed by atoms with Crippen LogP contribution in [0.25, 0.3) is 0 Å². The molecule has 0 bridgehead atoms. The zero-order chi connectivity index (χ0) is 30.6. The second kappa shape index (κ2) is 14.9. The number of H-pyrrole nitrogens is 1. The van der Waals surface area contributed by atoms with Crippen LogP contribution in [0.15, 0.2) is 67.1 Å². The van der Waals surface area contributed by atoms with Crippen LogP contribution < -0.4 is 27.4 Å². The van der Waals surface area contributed by atoms with Crippen molar-refractivity contribution in [2.24, 2.45) is 11.5 Å². The summed E-state index contributed by atoms with van der Waals surface area (Å²) in [5, 5.41) is 26.5. The number of hydrogen-bond donors (Lipinski definition) is 8. The van der Waals surface area contributed by atoms with Crippen molar-refractivity contribution in [1.82, 2.24) is 25.9 Å². The number of nitrogens with one attached hydrogen (secondary N) is 4. The highest BCUT2D eigenvalue weighted by atomic mass is 16.4. The van der Waals surface area contributed by atoms with Gasteiger partial charge < -0.3 is 42.6 Å². The Morgan fingerprint density at radius 3 is 1.98 bits per heavy atom. The zero-order valence-electron chi connectivity index (χ0n) is 22.5. The SMILES string of the molecule is NC(=O)CC(NC(=O)C(N)Cc1ccc(O)cc1)C(=O)NC(Cc1cnc[nH]1)C(=O)NC(Cc1ccccc1)C(=O)O. The minimum atomic E-state index is -1.47. The van der Waals surface area contributed by atoms with Crippen LogP contribution in [0.3, 0.4) is 0 Å². The van der Waals surface area contributed by atoms with Crippen LogP contribution in [0.4, 0.5) is 0 Å². The number of aromatic hydroxyl groups is 1. The molecule has 2 aromatic carbocycles. The topological polar surface area (TPSA) is 243 Å². The van der Waals surface area contributed by atoms with E-state index in [1.165, 1.54) is 24.7 Å². The average molecular weight is 580 g/mol. The van der Waals surface area contributed by atoms with Crippen molar-refractivity contribution in [1.29, 1.82) is 0 Å². The highest BCUT2D eigenvalue weighted by Gasteiger charge is 2.31. The van der Waals surface area contributed by atoms with Crippen molar-refractivity contribution in [3.05, 3.63) is 83.9 Å². The summed E-state index contributed by atoms with van der Waals surface area (Å²) in [7, 11) is 0. The van der Waals surface area contributed by atoms with Crippen LogP contribution in [-0.2, 0) is 43.2 Å². The molecule has 1 heterocycles. The number of primary amides is 1. The van der Waals surface area contributed by atoms with E-state index in [0.717, 1.165) is 0 Å². The van der Waals surface area contributed by atoms with Crippen LogP contribution in [-0.4, -0.2) is 73.9 Å². The van der Waals surface area contributed by atoms with Crippen molar-refractivity contribution in [3.8, 4) is 5.75 Å². The highest BCUT2D eigenvalue weighted by Crippen LogP contribution is 2.11. The van der Waals surface area contributed by atoms with Gasteiger partial charge in [0.25, 0.3) is 0 Å². The fourth-order valence-electron chi connectivity index (χ4n) is 4.09. The predicted molar refractivity (Wildman–Crippen MR) is 149 cm³/mol. The number of nitrogens with two attached hydrogens (primary N) is 2. The van der Waals surface area contributed by atoms with E-state index in [4.69, 9.17) is 11.5 Å². The maximum atomic E-state index is 13.3. The number of rotatable bonds is 15. The third kappa shape index (κ3) is 9.75.